The first-order valence-corrected chi connectivity index (χ1v) is 11.4. The Morgan fingerprint density at radius 2 is 1.86 bits per heavy atom. The normalized spacial score (nSPS) is 11.4. The third kappa shape index (κ3) is 7.26. The number of aliphatic hydroxyl groups excluding tert-OH is 1. The van der Waals surface area contributed by atoms with Gasteiger partial charge in [0.2, 0.25) is 0 Å². The summed E-state index contributed by atoms with van der Waals surface area (Å²) in [4.78, 5) is 18.8. The molecule has 0 bridgehead atoms. The van der Waals surface area contributed by atoms with Crippen molar-refractivity contribution < 1.29 is 14.6 Å². The van der Waals surface area contributed by atoms with Crippen LogP contribution < -0.4 is 21.1 Å². The van der Waals surface area contributed by atoms with Crippen molar-refractivity contribution in [2.45, 2.75) is 19.1 Å². The highest BCUT2D eigenvalue weighted by Crippen LogP contribution is 2.29. The molecule has 1 unspecified atom stereocenters. The largest absolute Gasteiger partial charge is 0.494 e. The summed E-state index contributed by atoms with van der Waals surface area (Å²) in [6.45, 7) is 1.10. The number of anilines is 2. The number of hydrogen-bond donors (Lipinski definition) is 5. The minimum Gasteiger partial charge on any atom is -0.494 e. The molecular weight excluding hydrogens is 444 g/mol. The molecule has 0 aliphatic heterocycles. The van der Waals surface area contributed by atoms with Crippen LogP contribution in [0.1, 0.15) is 40.6 Å². The third-order valence-corrected chi connectivity index (χ3v) is 5.25. The molecule has 0 aliphatic carbocycles. The third-order valence-electron chi connectivity index (χ3n) is 5.25. The summed E-state index contributed by atoms with van der Waals surface area (Å²) in [6.07, 6.45) is 2.16. The Hall–Kier alpha value is -3.95. The fourth-order valence-electron chi connectivity index (χ4n) is 3.31. The number of hydrogen-bond acceptors (Lipinski definition) is 7. The van der Waals surface area contributed by atoms with Crippen LogP contribution in [0.25, 0.3) is 0 Å². The minimum absolute atomic E-state index is 0.337. The predicted molar refractivity (Wildman–Crippen MR) is 138 cm³/mol. The first-order chi connectivity index (χ1) is 16.9. The maximum Gasteiger partial charge on any atom is 0.255 e. The average molecular weight is 477 g/mol. The number of carbonyl (C=O) groups excluding carboxylic acids is 1. The summed E-state index contributed by atoms with van der Waals surface area (Å²) in [5, 5.41) is 24.8. The van der Waals surface area contributed by atoms with Crippen molar-refractivity contribution in [2.24, 2.45) is 5.73 Å². The Morgan fingerprint density at radius 3 is 2.51 bits per heavy atom. The number of amides is 1. The fourth-order valence-corrected chi connectivity index (χ4v) is 3.31. The number of aliphatic hydroxyl groups is 1. The van der Waals surface area contributed by atoms with Gasteiger partial charge in [0, 0.05) is 42.7 Å². The molecule has 2 aromatic carbocycles. The highest BCUT2D eigenvalue weighted by molar-refractivity contribution is 6.05. The molecule has 184 valence electrons. The van der Waals surface area contributed by atoms with Crippen molar-refractivity contribution in [3.05, 3.63) is 83.6 Å². The van der Waals surface area contributed by atoms with Crippen LogP contribution in [0.15, 0.2) is 66.9 Å². The molecule has 3 aromatic rings. The summed E-state index contributed by atoms with van der Waals surface area (Å²) in [5.41, 5.74) is 7.55. The van der Waals surface area contributed by atoms with E-state index in [0.29, 0.717) is 52.9 Å². The lowest BCUT2D eigenvalue weighted by molar-refractivity contribution is 0.102. The molecular formula is C26H32N6O3. The zero-order valence-corrected chi connectivity index (χ0v) is 20.0. The first kappa shape index (κ1) is 25.7. The van der Waals surface area contributed by atoms with Crippen molar-refractivity contribution in [2.75, 3.05) is 37.9 Å². The molecule has 9 nitrogen and oxygen atoms in total. The second kappa shape index (κ2) is 12.5. The minimum atomic E-state index is -1.14. The van der Waals surface area contributed by atoms with E-state index in [0.717, 1.165) is 12.8 Å². The van der Waals surface area contributed by atoms with E-state index in [1.165, 1.54) is 0 Å². The van der Waals surface area contributed by atoms with Crippen LogP contribution in [0.3, 0.4) is 0 Å². The maximum absolute atomic E-state index is 13.0. The highest BCUT2D eigenvalue weighted by Gasteiger charge is 2.17. The number of nitrogens with two attached hydrogens (primary N) is 1. The predicted octanol–water partition coefficient (Wildman–Crippen LogP) is 3.44. The van der Waals surface area contributed by atoms with Crippen LogP contribution in [0.5, 0.6) is 5.75 Å². The zero-order chi connectivity index (χ0) is 25.2. The number of nitrogens with zero attached hydrogens (tertiary/aromatic N) is 2. The van der Waals surface area contributed by atoms with Crippen molar-refractivity contribution in [3.63, 3.8) is 0 Å². The molecule has 1 atom stereocenters. The number of amidine groups is 1. The van der Waals surface area contributed by atoms with Gasteiger partial charge in [-0.3, -0.25) is 10.2 Å². The summed E-state index contributed by atoms with van der Waals surface area (Å²) >= 11 is 0. The summed E-state index contributed by atoms with van der Waals surface area (Å²) < 4.78 is 5.80. The maximum atomic E-state index is 13.0. The molecule has 1 amide bonds. The van der Waals surface area contributed by atoms with E-state index in [2.05, 4.69) is 15.6 Å². The van der Waals surface area contributed by atoms with Crippen molar-refractivity contribution in [1.29, 1.82) is 5.41 Å². The van der Waals surface area contributed by atoms with Gasteiger partial charge in [-0.15, -0.1) is 0 Å². The SMILES string of the molecule is CN(C)C(=N)c1ccc(C(=O)Nc2ccc(OCCCCN)cc2C(O)Nc2ccccn2)cc1. The lowest BCUT2D eigenvalue weighted by Crippen LogP contribution is -2.22. The summed E-state index contributed by atoms with van der Waals surface area (Å²) in [7, 11) is 3.58. The monoisotopic (exact) mass is 476 g/mol. The van der Waals surface area contributed by atoms with E-state index < -0.39 is 6.23 Å². The molecule has 3 rings (SSSR count). The van der Waals surface area contributed by atoms with Gasteiger partial charge in [-0.25, -0.2) is 4.98 Å². The Morgan fingerprint density at radius 1 is 1.11 bits per heavy atom. The second-order valence-corrected chi connectivity index (χ2v) is 8.13. The van der Waals surface area contributed by atoms with E-state index in [4.69, 9.17) is 15.9 Å². The second-order valence-electron chi connectivity index (χ2n) is 8.13. The van der Waals surface area contributed by atoms with Gasteiger partial charge in [-0.05, 0) is 61.9 Å². The molecule has 9 heteroatoms. The van der Waals surface area contributed by atoms with Gasteiger partial charge >= 0.3 is 0 Å². The van der Waals surface area contributed by atoms with E-state index >= 15 is 0 Å². The van der Waals surface area contributed by atoms with Gasteiger partial charge in [-0.1, -0.05) is 18.2 Å². The highest BCUT2D eigenvalue weighted by atomic mass is 16.5. The van der Waals surface area contributed by atoms with Crippen LogP contribution in [0.4, 0.5) is 11.5 Å². The lowest BCUT2D eigenvalue weighted by Gasteiger charge is -2.19. The number of rotatable bonds is 11. The molecule has 0 aliphatic rings. The number of aromatic nitrogens is 1. The first-order valence-electron chi connectivity index (χ1n) is 11.4. The van der Waals surface area contributed by atoms with Gasteiger partial charge in [0.25, 0.3) is 5.91 Å². The van der Waals surface area contributed by atoms with Crippen LogP contribution in [-0.4, -0.2) is 54.0 Å². The molecule has 0 fully saturated rings. The van der Waals surface area contributed by atoms with Gasteiger partial charge in [0.1, 0.15) is 17.4 Å². The van der Waals surface area contributed by atoms with Crippen molar-refractivity contribution in [1.82, 2.24) is 9.88 Å². The lowest BCUT2D eigenvalue weighted by atomic mass is 10.1. The van der Waals surface area contributed by atoms with Crippen LogP contribution >= 0.6 is 0 Å². The van der Waals surface area contributed by atoms with E-state index in [9.17, 15) is 9.90 Å². The summed E-state index contributed by atoms with van der Waals surface area (Å²) in [6, 6.07) is 17.3. The van der Waals surface area contributed by atoms with Crippen molar-refractivity contribution in [3.8, 4) is 5.75 Å². The Bertz CT molecular complexity index is 1120. The van der Waals surface area contributed by atoms with Crippen LogP contribution in [0, 0.1) is 5.41 Å². The number of ether oxygens (including phenoxy) is 1. The number of pyridine rings is 1. The van der Waals surface area contributed by atoms with Crippen LogP contribution in [0.2, 0.25) is 0 Å². The molecule has 1 heterocycles. The molecule has 0 saturated carbocycles. The number of nitrogens with one attached hydrogen (secondary N) is 3. The topological polar surface area (TPSA) is 137 Å². The van der Waals surface area contributed by atoms with Gasteiger partial charge < -0.3 is 31.1 Å². The number of unbranched alkanes of at least 4 members (excludes halogenated alkanes) is 1. The quantitative estimate of drug-likeness (QED) is 0.124. The number of benzene rings is 2. The van der Waals surface area contributed by atoms with E-state index in [1.807, 2.05) is 0 Å². The molecule has 0 spiro atoms. The Kier molecular flexibility index (Phi) is 9.16. The van der Waals surface area contributed by atoms with E-state index in [-0.39, 0.29) is 5.91 Å². The standard InChI is InChI=1S/C26H32N6O3/c1-32(2)24(28)18-8-10-19(11-9-18)25(33)30-22-13-12-20(35-16-6-4-14-27)17-21(22)26(34)31-23-7-3-5-15-29-23/h3,5,7-13,15,17,26,28,34H,4,6,14,16,27H2,1-2H3,(H,29,31)(H,30,33). The molecule has 35 heavy (non-hydrogen) atoms. The average Bonchev–Trinajstić information content (AvgIpc) is 2.87. The zero-order valence-electron chi connectivity index (χ0n) is 20.0. The Balaban J connectivity index is 1.80. The molecule has 0 saturated heterocycles. The fraction of sp³-hybridized carbons (Fsp3) is 0.269. The molecule has 1 aromatic heterocycles. The Labute approximate surface area is 205 Å². The van der Waals surface area contributed by atoms with Crippen LogP contribution in [-0.2, 0) is 0 Å². The smallest absolute Gasteiger partial charge is 0.255 e. The molecule has 0 radical (unpaired) electrons. The summed E-state index contributed by atoms with van der Waals surface area (Å²) in [5.74, 6) is 1.08. The molecule has 6 N–H and O–H groups in total. The van der Waals surface area contributed by atoms with Crippen molar-refractivity contribution >= 4 is 23.2 Å². The number of carbonyl (C=O) groups is 1. The van der Waals surface area contributed by atoms with E-state index in [1.54, 1.807) is 85.9 Å². The van der Waals surface area contributed by atoms with Gasteiger partial charge in [0.15, 0.2) is 6.23 Å². The van der Waals surface area contributed by atoms with Gasteiger partial charge in [0.05, 0.1) is 6.61 Å². The van der Waals surface area contributed by atoms with Gasteiger partial charge in [-0.2, -0.15) is 0 Å².